The van der Waals surface area contributed by atoms with Gasteiger partial charge >= 0.3 is 0 Å². The van der Waals surface area contributed by atoms with Crippen molar-refractivity contribution in [2.45, 2.75) is 26.4 Å². The SMILES string of the molecule is CN=C(NCc1ccc(C)cc1Oc1ccccc1)NCC(C)N1CCN(C)CC1. The van der Waals surface area contributed by atoms with E-state index in [1.807, 2.05) is 37.4 Å². The lowest BCUT2D eigenvalue weighted by Crippen LogP contribution is -2.52. The quantitative estimate of drug-likeness (QED) is 0.544. The van der Waals surface area contributed by atoms with Gasteiger partial charge in [-0.1, -0.05) is 30.3 Å². The summed E-state index contributed by atoms with van der Waals surface area (Å²) in [5.41, 5.74) is 2.27. The lowest BCUT2D eigenvalue weighted by atomic mass is 10.1. The minimum absolute atomic E-state index is 0.466. The molecule has 0 spiro atoms. The number of likely N-dealkylation sites (N-methyl/N-ethyl adjacent to an activating group) is 1. The molecule has 0 aromatic heterocycles. The molecule has 162 valence electrons. The Morgan fingerprint density at radius 1 is 1.07 bits per heavy atom. The van der Waals surface area contributed by atoms with Gasteiger partial charge in [-0.2, -0.15) is 0 Å². The van der Waals surface area contributed by atoms with Gasteiger partial charge in [0.05, 0.1) is 0 Å². The molecule has 2 aromatic carbocycles. The molecule has 3 rings (SSSR count). The van der Waals surface area contributed by atoms with E-state index in [1.54, 1.807) is 0 Å². The van der Waals surface area contributed by atoms with E-state index in [0.29, 0.717) is 12.6 Å². The van der Waals surface area contributed by atoms with E-state index in [4.69, 9.17) is 4.74 Å². The van der Waals surface area contributed by atoms with Crippen molar-refractivity contribution < 1.29 is 4.74 Å². The highest BCUT2D eigenvalue weighted by Crippen LogP contribution is 2.26. The predicted octanol–water partition coefficient (Wildman–Crippen LogP) is 3.09. The van der Waals surface area contributed by atoms with Gasteiger partial charge in [0, 0.05) is 57.9 Å². The second-order valence-corrected chi connectivity index (χ2v) is 8.02. The first-order chi connectivity index (χ1) is 14.5. The first-order valence-electron chi connectivity index (χ1n) is 10.7. The molecule has 1 heterocycles. The number of hydrogen-bond acceptors (Lipinski definition) is 4. The van der Waals surface area contributed by atoms with Crippen molar-refractivity contribution in [3.05, 3.63) is 59.7 Å². The largest absolute Gasteiger partial charge is 0.457 e. The fourth-order valence-electron chi connectivity index (χ4n) is 3.55. The van der Waals surface area contributed by atoms with Crippen LogP contribution in [0.2, 0.25) is 0 Å². The van der Waals surface area contributed by atoms with Gasteiger partial charge in [-0.05, 0) is 44.7 Å². The Labute approximate surface area is 180 Å². The van der Waals surface area contributed by atoms with Gasteiger partial charge < -0.3 is 20.3 Å². The van der Waals surface area contributed by atoms with Gasteiger partial charge in [0.1, 0.15) is 11.5 Å². The lowest BCUT2D eigenvalue weighted by molar-refractivity contribution is 0.120. The van der Waals surface area contributed by atoms with Crippen LogP contribution >= 0.6 is 0 Å². The summed E-state index contributed by atoms with van der Waals surface area (Å²) >= 11 is 0. The Morgan fingerprint density at radius 2 is 1.80 bits per heavy atom. The van der Waals surface area contributed by atoms with E-state index >= 15 is 0 Å². The zero-order valence-electron chi connectivity index (χ0n) is 18.7. The summed E-state index contributed by atoms with van der Waals surface area (Å²) in [6, 6.07) is 16.7. The molecule has 1 unspecified atom stereocenters. The van der Waals surface area contributed by atoms with Crippen LogP contribution in [0.3, 0.4) is 0 Å². The molecule has 6 nitrogen and oxygen atoms in total. The zero-order chi connectivity index (χ0) is 21.3. The third-order valence-corrected chi connectivity index (χ3v) is 5.59. The number of ether oxygens (including phenoxy) is 1. The first-order valence-corrected chi connectivity index (χ1v) is 10.7. The molecule has 0 saturated carbocycles. The van der Waals surface area contributed by atoms with Crippen LogP contribution in [0.15, 0.2) is 53.5 Å². The molecule has 6 heteroatoms. The van der Waals surface area contributed by atoms with Crippen molar-refractivity contribution in [2.24, 2.45) is 4.99 Å². The molecule has 2 aromatic rings. The van der Waals surface area contributed by atoms with Crippen molar-refractivity contribution in [1.29, 1.82) is 0 Å². The van der Waals surface area contributed by atoms with E-state index in [9.17, 15) is 0 Å². The number of piperazine rings is 1. The van der Waals surface area contributed by atoms with Crippen molar-refractivity contribution in [1.82, 2.24) is 20.4 Å². The van der Waals surface area contributed by atoms with Crippen LogP contribution < -0.4 is 15.4 Å². The summed E-state index contributed by atoms with van der Waals surface area (Å²) in [5, 5.41) is 6.90. The standard InChI is InChI=1S/C24H35N5O/c1-19-10-11-21(23(16-19)30-22-8-6-5-7-9-22)18-27-24(25-3)26-17-20(2)29-14-12-28(4)13-15-29/h5-11,16,20H,12-15,17-18H2,1-4H3,(H2,25,26,27). The van der Waals surface area contributed by atoms with Crippen molar-refractivity contribution in [2.75, 3.05) is 46.8 Å². The third-order valence-electron chi connectivity index (χ3n) is 5.59. The van der Waals surface area contributed by atoms with E-state index in [0.717, 1.165) is 55.7 Å². The number of benzene rings is 2. The summed E-state index contributed by atoms with van der Waals surface area (Å²) in [6.07, 6.45) is 0. The molecular formula is C24H35N5O. The molecule has 1 saturated heterocycles. The molecule has 0 bridgehead atoms. The summed E-state index contributed by atoms with van der Waals surface area (Å²) in [5.74, 6) is 2.52. The van der Waals surface area contributed by atoms with Gasteiger partial charge in [-0.3, -0.25) is 9.89 Å². The number of rotatable bonds is 7. The number of nitrogens with one attached hydrogen (secondary N) is 2. The number of aryl methyl sites for hydroxylation is 1. The molecule has 0 radical (unpaired) electrons. The molecule has 0 aliphatic carbocycles. The summed E-state index contributed by atoms with van der Waals surface area (Å²) in [7, 11) is 4.00. The van der Waals surface area contributed by atoms with Crippen molar-refractivity contribution >= 4 is 5.96 Å². The molecule has 2 N–H and O–H groups in total. The fraction of sp³-hybridized carbons (Fsp3) is 0.458. The minimum Gasteiger partial charge on any atom is -0.457 e. The van der Waals surface area contributed by atoms with E-state index < -0.39 is 0 Å². The van der Waals surface area contributed by atoms with Gasteiger partial charge in [0.2, 0.25) is 0 Å². The molecule has 1 atom stereocenters. The van der Waals surface area contributed by atoms with Gasteiger partial charge in [0.15, 0.2) is 5.96 Å². The average Bonchev–Trinajstić information content (AvgIpc) is 2.76. The number of aliphatic imine (C=N–C) groups is 1. The van der Waals surface area contributed by atoms with E-state index in [1.165, 1.54) is 5.56 Å². The highest BCUT2D eigenvalue weighted by Gasteiger charge is 2.19. The average molecular weight is 410 g/mol. The maximum absolute atomic E-state index is 6.13. The zero-order valence-corrected chi connectivity index (χ0v) is 18.7. The smallest absolute Gasteiger partial charge is 0.191 e. The Balaban J connectivity index is 1.54. The minimum atomic E-state index is 0.466. The Morgan fingerprint density at radius 3 is 2.50 bits per heavy atom. The monoisotopic (exact) mass is 409 g/mol. The highest BCUT2D eigenvalue weighted by atomic mass is 16.5. The molecule has 1 aliphatic rings. The molecule has 0 amide bonds. The third kappa shape index (κ3) is 6.47. The van der Waals surface area contributed by atoms with Gasteiger partial charge in [-0.15, -0.1) is 0 Å². The van der Waals surface area contributed by atoms with Crippen LogP contribution in [0, 0.1) is 6.92 Å². The topological polar surface area (TPSA) is 52.1 Å². The van der Waals surface area contributed by atoms with Crippen LogP contribution in [-0.2, 0) is 6.54 Å². The molecule has 1 aliphatic heterocycles. The Hall–Kier alpha value is -2.57. The first kappa shape index (κ1) is 22.1. The maximum Gasteiger partial charge on any atom is 0.191 e. The van der Waals surface area contributed by atoms with Crippen LogP contribution in [0.1, 0.15) is 18.1 Å². The van der Waals surface area contributed by atoms with E-state index in [-0.39, 0.29) is 0 Å². The number of hydrogen-bond donors (Lipinski definition) is 2. The number of nitrogens with zero attached hydrogens (tertiary/aromatic N) is 3. The molecule has 1 fully saturated rings. The maximum atomic E-state index is 6.13. The van der Waals surface area contributed by atoms with Crippen LogP contribution in [0.4, 0.5) is 0 Å². The van der Waals surface area contributed by atoms with Gasteiger partial charge in [-0.25, -0.2) is 0 Å². The second-order valence-electron chi connectivity index (χ2n) is 8.02. The van der Waals surface area contributed by atoms with Crippen molar-refractivity contribution in [3.63, 3.8) is 0 Å². The molecule has 30 heavy (non-hydrogen) atoms. The summed E-state index contributed by atoms with van der Waals surface area (Å²) in [6.45, 7) is 10.4. The van der Waals surface area contributed by atoms with Gasteiger partial charge in [0.25, 0.3) is 0 Å². The summed E-state index contributed by atoms with van der Waals surface area (Å²) < 4.78 is 6.13. The second kappa shape index (κ2) is 11.0. The molecular weight excluding hydrogens is 374 g/mol. The van der Waals surface area contributed by atoms with Crippen LogP contribution in [0.25, 0.3) is 0 Å². The predicted molar refractivity (Wildman–Crippen MR) is 124 cm³/mol. The van der Waals surface area contributed by atoms with Crippen LogP contribution in [-0.4, -0.2) is 68.6 Å². The Kier molecular flexibility index (Phi) is 8.11. The number of para-hydroxylation sites is 1. The lowest BCUT2D eigenvalue weighted by Gasteiger charge is -2.36. The number of guanidine groups is 1. The normalized spacial score (nSPS) is 16.9. The van der Waals surface area contributed by atoms with Crippen LogP contribution in [0.5, 0.6) is 11.5 Å². The summed E-state index contributed by atoms with van der Waals surface area (Å²) in [4.78, 5) is 9.31. The fourth-order valence-corrected chi connectivity index (χ4v) is 3.55. The van der Waals surface area contributed by atoms with Crippen molar-refractivity contribution in [3.8, 4) is 11.5 Å². The highest BCUT2D eigenvalue weighted by molar-refractivity contribution is 5.79. The van der Waals surface area contributed by atoms with E-state index in [2.05, 4.69) is 64.5 Å². The Bertz CT molecular complexity index is 816.